The maximum atomic E-state index is 6.63. The first-order valence-electron chi connectivity index (χ1n) is 10.9. The van der Waals surface area contributed by atoms with Gasteiger partial charge < -0.3 is 25.3 Å². The van der Waals surface area contributed by atoms with Crippen LogP contribution in [0, 0.1) is 6.92 Å². The van der Waals surface area contributed by atoms with Gasteiger partial charge in [0.05, 0.1) is 48.3 Å². The molecule has 0 amide bonds. The number of hydrogen-bond donors (Lipinski definition) is 2. The van der Waals surface area contributed by atoms with E-state index < -0.39 is 0 Å². The average molecular weight is 515 g/mol. The lowest BCUT2D eigenvalue weighted by Crippen LogP contribution is -2.02. The van der Waals surface area contributed by atoms with Crippen LogP contribution in [0.25, 0.3) is 22.0 Å². The zero-order valence-electron chi connectivity index (χ0n) is 20.5. The summed E-state index contributed by atoms with van der Waals surface area (Å²) in [5, 5.41) is 4.65. The lowest BCUT2D eigenvalue weighted by molar-refractivity contribution is 0.394. The highest BCUT2D eigenvalue weighted by Crippen LogP contribution is 2.49. The number of nitrogen functional groups attached to an aromatic ring is 1. The minimum atomic E-state index is 0.343. The Balaban J connectivity index is 0.00000167. The number of methoxy groups -OCH3 is 3. The van der Waals surface area contributed by atoms with E-state index in [1.165, 1.54) is 14.2 Å². The molecule has 4 rings (SSSR count). The molecule has 0 saturated carbocycles. The average Bonchev–Trinajstić information content (AvgIpc) is 2.87. The summed E-state index contributed by atoms with van der Waals surface area (Å²) >= 11 is 13.3. The second-order valence-corrected chi connectivity index (χ2v) is 8.01. The number of ether oxygens (including phenoxy) is 3. The molecule has 0 aliphatic rings. The lowest BCUT2D eigenvalue weighted by atomic mass is 10.0. The predicted octanol–water partition coefficient (Wildman–Crippen LogP) is 7.29. The molecular weight excluding hydrogens is 487 g/mol. The normalized spacial score (nSPS) is 10.4. The molecule has 0 spiro atoms. The molecule has 0 aliphatic carbocycles. The zero-order valence-corrected chi connectivity index (χ0v) is 22.0. The van der Waals surface area contributed by atoms with Crippen LogP contribution in [0.15, 0.2) is 42.6 Å². The summed E-state index contributed by atoms with van der Waals surface area (Å²) in [5.41, 5.74) is 10.3. The van der Waals surface area contributed by atoms with Crippen LogP contribution in [-0.2, 0) is 0 Å². The number of fused-ring (bicyclic) bond motifs is 1. The Bertz CT molecular complexity index is 1310. The van der Waals surface area contributed by atoms with Gasteiger partial charge >= 0.3 is 0 Å². The number of benzene rings is 3. The summed E-state index contributed by atoms with van der Waals surface area (Å²) in [6.07, 6.45) is 1.71. The Morgan fingerprint density at radius 3 is 2.09 bits per heavy atom. The molecule has 3 N–H and O–H groups in total. The third kappa shape index (κ3) is 5.16. The summed E-state index contributed by atoms with van der Waals surface area (Å²) in [7, 11) is 4.62. The number of rotatable bonds is 6. The molecule has 0 unspecified atom stereocenters. The predicted molar refractivity (Wildman–Crippen MR) is 145 cm³/mol. The van der Waals surface area contributed by atoms with Crippen LogP contribution in [-0.4, -0.2) is 31.3 Å². The minimum absolute atomic E-state index is 0.343. The molecule has 0 fully saturated rings. The van der Waals surface area contributed by atoms with Crippen LogP contribution < -0.4 is 25.3 Å². The first-order valence-corrected chi connectivity index (χ1v) is 11.7. The molecule has 0 radical (unpaired) electrons. The number of halogens is 2. The Labute approximate surface area is 215 Å². The maximum Gasteiger partial charge on any atom is 0.227 e. The highest BCUT2D eigenvalue weighted by Gasteiger charge is 2.22. The standard InChI is InChI=1S/C24H22Cl2N4O3.C2H6/c1-12-6-5-7-15(27)23(12)30-24-28-11-13-8-14(17(31-2)9-16(13)29-24)20-21(25)18(32-3)10-19(33-4)22(20)26;1-2/h5-11H,27H2,1-4H3,(H,28,29,30);1-2H3. The molecule has 0 bridgehead atoms. The van der Waals surface area contributed by atoms with Crippen molar-refractivity contribution >= 4 is 51.4 Å². The molecular formula is C26H28Cl2N4O3. The monoisotopic (exact) mass is 514 g/mol. The third-order valence-corrected chi connectivity index (χ3v) is 6.04. The second kappa shape index (κ2) is 11.3. The van der Waals surface area contributed by atoms with Crippen molar-refractivity contribution < 1.29 is 14.2 Å². The van der Waals surface area contributed by atoms with Crippen LogP contribution in [0.4, 0.5) is 17.3 Å². The number of aromatic nitrogens is 2. The maximum absolute atomic E-state index is 6.63. The molecule has 1 heterocycles. The number of nitrogens with zero attached hydrogens (tertiary/aromatic N) is 2. The Kier molecular flexibility index (Phi) is 8.48. The molecule has 0 saturated heterocycles. The lowest BCUT2D eigenvalue weighted by Gasteiger charge is -2.17. The van der Waals surface area contributed by atoms with Crippen LogP contribution in [0.3, 0.4) is 0 Å². The number of nitrogens with one attached hydrogen (secondary N) is 1. The van der Waals surface area contributed by atoms with E-state index in [1.54, 1.807) is 25.4 Å². The molecule has 35 heavy (non-hydrogen) atoms. The Morgan fingerprint density at radius 1 is 0.886 bits per heavy atom. The van der Waals surface area contributed by atoms with E-state index >= 15 is 0 Å². The van der Waals surface area contributed by atoms with Gasteiger partial charge in [-0.2, -0.15) is 0 Å². The fraction of sp³-hybridized carbons (Fsp3) is 0.231. The molecule has 4 aromatic rings. The summed E-state index contributed by atoms with van der Waals surface area (Å²) in [4.78, 5) is 9.09. The number of anilines is 3. The molecule has 9 heteroatoms. The van der Waals surface area contributed by atoms with Crippen LogP contribution >= 0.6 is 23.2 Å². The van der Waals surface area contributed by atoms with Crippen molar-refractivity contribution in [2.45, 2.75) is 20.8 Å². The van der Waals surface area contributed by atoms with Gasteiger partial charge in [-0.3, -0.25) is 0 Å². The third-order valence-electron chi connectivity index (χ3n) is 5.29. The molecule has 1 aromatic heterocycles. The van der Waals surface area contributed by atoms with Gasteiger partial charge in [0.1, 0.15) is 17.2 Å². The summed E-state index contributed by atoms with van der Waals surface area (Å²) in [6, 6.07) is 11.0. The van der Waals surface area contributed by atoms with Gasteiger partial charge in [-0.15, -0.1) is 0 Å². The molecule has 3 aromatic carbocycles. The van der Waals surface area contributed by atoms with Crippen LogP contribution in [0.1, 0.15) is 19.4 Å². The smallest absolute Gasteiger partial charge is 0.227 e. The number of hydrogen-bond acceptors (Lipinski definition) is 7. The van der Waals surface area contributed by atoms with Gasteiger partial charge in [-0.05, 0) is 24.6 Å². The zero-order chi connectivity index (χ0) is 25.7. The van der Waals surface area contributed by atoms with Gasteiger partial charge in [0.15, 0.2) is 0 Å². The van der Waals surface area contributed by atoms with E-state index in [1.807, 2.05) is 45.0 Å². The fourth-order valence-corrected chi connectivity index (χ4v) is 4.28. The largest absolute Gasteiger partial charge is 0.496 e. The van der Waals surface area contributed by atoms with Crippen LogP contribution in [0.2, 0.25) is 10.0 Å². The van der Waals surface area contributed by atoms with Gasteiger partial charge in [-0.1, -0.05) is 49.2 Å². The SMILES string of the molecule is CC.COc1cc2nc(Nc3c(C)cccc3N)ncc2cc1-c1c(Cl)c(OC)cc(OC)c1Cl. The van der Waals surface area contributed by atoms with E-state index in [-0.39, 0.29) is 0 Å². The van der Waals surface area contributed by atoms with Gasteiger partial charge in [-0.25, -0.2) is 9.97 Å². The number of para-hydroxylation sites is 1. The van der Waals surface area contributed by atoms with E-state index in [0.29, 0.717) is 55.6 Å². The highest BCUT2D eigenvalue weighted by atomic mass is 35.5. The van der Waals surface area contributed by atoms with Crippen LogP contribution in [0.5, 0.6) is 17.2 Å². The van der Waals surface area contributed by atoms with E-state index in [2.05, 4.69) is 15.3 Å². The van der Waals surface area contributed by atoms with Crippen molar-refractivity contribution in [2.24, 2.45) is 0 Å². The van der Waals surface area contributed by atoms with Crippen molar-refractivity contribution in [2.75, 3.05) is 32.4 Å². The van der Waals surface area contributed by atoms with Crippen molar-refractivity contribution in [1.82, 2.24) is 9.97 Å². The first kappa shape index (κ1) is 26.2. The summed E-state index contributed by atoms with van der Waals surface area (Å²) in [5.74, 6) is 1.81. The van der Waals surface area contributed by atoms with E-state index in [4.69, 9.17) is 43.1 Å². The molecule has 0 atom stereocenters. The molecule has 0 aliphatic heterocycles. The van der Waals surface area contributed by atoms with Crippen molar-refractivity contribution in [3.05, 3.63) is 58.2 Å². The van der Waals surface area contributed by atoms with Crippen molar-refractivity contribution in [1.29, 1.82) is 0 Å². The Morgan fingerprint density at radius 2 is 1.51 bits per heavy atom. The van der Waals surface area contributed by atoms with E-state index in [0.717, 1.165) is 16.6 Å². The first-order chi connectivity index (χ1) is 16.9. The summed E-state index contributed by atoms with van der Waals surface area (Å²) in [6.45, 7) is 5.96. The van der Waals surface area contributed by atoms with Gasteiger partial charge in [0.25, 0.3) is 0 Å². The minimum Gasteiger partial charge on any atom is -0.496 e. The van der Waals surface area contributed by atoms with Gasteiger partial charge in [0, 0.05) is 34.8 Å². The Hall–Kier alpha value is -3.42. The number of aryl methyl sites for hydroxylation is 1. The topological polar surface area (TPSA) is 91.5 Å². The number of nitrogens with two attached hydrogens (primary N) is 1. The molecule has 184 valence electrons. The highest BCUT2D eigenvalue weighted by molar-refractivity contribution is 6.41. The van der Waals surface area contributed by atoms with Crippen molar-refractivity contribution in [3.63, 3.8) is 0 Å². The fourth-order valence-electron chi connectivity index (χ4n) is 3.58. The second-order valence-electron chi connectivity index (χ2n) is 7.25. The van der Waals surface area contributed by atoms with E-state index in [9.17, 15) is 0 Å². The van der Waals surface area contributed by atoms with Gasteiger partial charge in [0.2, 0.25) is 5.95 Å². The molecule has 7 nitrogen and oxygen atoms in total. The quantitative estimate of drug-likeness (QED) is 0.261. The van der Waals surface area contributed by atoms with Crippen molar-refractivity contribution in [3.8, 4) is 28.4 Å². The summed E-state index contributed by atoms with van der Waals surface area (Å²) < 4.78 is 16.5.